The molecule has 0 aromatic heterocycles. The maximum atomic E-state index is 12.9. The Kier molecular flexibility index (Phi) is 7.54. The molecule has 3 aromatic rings. The molecule has 5 atom stereocenters. The number of carbonyl (C=O) groups is 3. The van der Waals surface area contributed by atoms with Crippen LogP contribution in [0, 0.1) is 0 Å². The van der Waals surface area contributed by atoms with Gasteiger partial charge in [0.05, 0.1) is 22.8 Å². The number of esters is 3. The van der Waals surface area contributed by atoms with Crippen LogP contribution < -0.4 is 0 Å². The molecule has 1 aliphatic rings. The summed E-state index contributed by atoms with van der Waals surface area (Å²) < 4.78 is 22.4. The van der Waals surface area contributed by atoms with Crippen molar-refractivity contribution in [3.8, 4) is 0 Å². The maximum Gasteiger partial charge on any atom is 0.340 e. The Balaban J connectivity index is 1.63. The van der Waals surface area contributed by atoms with Gasteiger partial charge in [0.1, 0.15) is 6.10 Å². The van der Waals surface area contributed by atoms with Crippen molar-refractivity contribution < 1.29 is 38.4 Å². The van der Waals surface area contributed by atoms with Gasteiger partial charge in [-0.25, -0.2) is 14.4 Å². The van der Waals surface area contributed by atoms with Gasteiger partial charge in [0, 0.05) is 0 Å². The van der Waals surface area contributed by atoms with Crippen molar-refractivity contribution in [3.05, 3.63) is 108 Å². The van der Waals surface area contributed by atoms with Gasteiger partial charge >= 0.3 is 17.9 Å². The third-order valence-electron chi connectivity index (χ3n) is 5.50. The van der Waals surface area contributed by atoms with E-state index in [1.165, 1.54) is 6.92 Å². The SMILES string of the molecule is C[C@@H]1O[C@H](OC(=O)c2ccccc2)[C@H](OC(=O)c2ccccc2)[C@@H](OC(=O)c2ccccc2)[C@H]1O. The molecule has 0 aliphatic carbocycles. The normalized spacial score (nSPS) is 23.7. The van der Waals surface area contributed by atoms with Crippen LogP contribution in [0.4, 0.5) is 0 Å². The second kappa shape index (κ2) is 10.9. The van der Waals surface area contributed by atoms with Crippen LogP contribution in [0.5, 0.6) is 0 Å². The summed E-state index contributed by atoms with van der Waals surface area (Å²) >= 11 is 0. The number of carbonyl (C=O) groups excluding carboxylic acids is 3. The molecular weight excluding hydrogens is 452 g/mol. The molecule has 3 aromatic carbocycles. The van der Waals surface area contributed by atoms with E-state index in [1.54, 1.807) is 91.0 Å². The van der Waals surface area contributed by atoms with Crippen LogP contribution in [0.1, 0.15) is 38.0 Å². The van der Waals surface area contributed by atoms with E-state index in [1.807, 2.05) is 0 Å². The van der Waals surface area contributed by atoms with Gasteiger partial charge in [-0.2, -0.15) is 0 Å². The Morgan fingerprint density at radius 3 is 1.43 bits per heavy atom. The summed E-state index contributed by atoms with van der Waals surface area (Å²) in [5.74, 6) is -2.23. The zero-order valence-electron chi connectivity index (χ0n) is 18.9. The van der Waals surface area contributed by atoms with Gasteiger partial charge in [-0.15, -0.1) is 0 Å². The summed E-state index contributed by atoms with van der Waals surface area (Å²) in [5.41, 5.74) is 0.715. The number of hydrogen-bond donors (Lipinski definition) is 1. The summed E-state index contributed by atoms with van der Waals surface area (Å²) in [6, 6.07) is 24.5. The average Bonchev–Trinajstić information content (AvgIpc) is 2.90. The maximum absolute atomic E-state index is 12.9. The van der Waals surface area contributed by atoms with Crippen molar-refractivity contribution >= 4 is 17.9 Å². The molecule has 1 N–H and O–H groups in total. The molecule has 0 unspecified atom stereocenters. The van der Waals surface area contributed by atoms with Gasteiger partial charge < -0.3 is 24.1 Å². The molecule has 4 rings (SSSR count). The molecule has 180 valence electrons. The first kappa shape index (κ1) is 24.1. The minimum atomic E-state index is -1.44. The molecule has 1 heterocycles. The Bertz CT molecular complexity index is 1150. The molecule has 1 saturated heterocycles. The predicted molar refractivity (Wildman–Crippen MR) is 123 cm³/mol. The summed E-state index contributed by atoms with van der Waals surface area (Å²) in [5, 5.41) is 10.8. The molecule has 1 fully saturated rings. The lowest BCUT2D eigenvalue weighted by Crippen LogP contribution is -2.60. The van der Waals surface area contributed by atoms with E-state index in [2.05, 4.69) is 0 Å². The standard InChI is InChI=1S/C27H24O8/c1-17-21(28)22(33-24(29)18-11-5-2-6-12-18)23(34-25(30)19-13-7-3-8-14-19)27(32-17)35-26(31)20-15-9-4-10-16-20/h2-17,21-23,27-28H,1H3/t17-,21-,22-,23+,27+/m0/s1. The number of ether oxygens (including phenoxy) is 4. The van der Waals surface area contributed by atoms with E-state index in [-0.39, 0.29) is 16.7 Å². The fraction of sp³-hybridized carbons (Fsp3) is 0.222. The minimum Gasteiger partial charge on any atom is -0.452 e. The Morgan fingerprint density at radius 2 is 1.00 bits per heavy atom. The highest BCUT2D eigenvalue weighted by molar-refractivity contribution is 5.91. The van der Waals surface area contributed by atoms with Gasteiger partial charge in [0.2, 0.25) is 12.4 Å². The summed E-state index contributed by atoms with van der Waals surface area (Å²) in [6.07, 6.45) is -6.50. The van der Waals surface area contributed by atoms with Crippen LogP contribution in [-0.4, -0.2) is 53.7 Å². The van der Waals surface area contributed by atoms with Crippen LogP contribution in [0.15, 0.2) is 91.0 Å². The van der Waals surface area contributed by atoms with Gasteiger partial charge in [0.15, 0.2) is 6.10 Å². The lowest BCUT2D eigenvalue weighted by Gasteiger charge is -2.41. The quantitative estimate of drug-likeness (QED) is 0.426. The molecule has 0 amide bonds. The van der Waals surface area contributed by atoms with Crippen molar-refractivity contribution in [2.75, 3.05) is 0 Å². The Morgan fingerprint density at radius 1 is 0.629 bits per heavy atom. The fourth-order valence-electron chi connectivity index (χ4n) is 3.62. The van der Waals surface area contributed by atoms with Crippen LogP contribution >= 0.6 is 0 Å². The van der Waals surface area contributed by atoms with Gasteiger partial charge in [0.25, 0.3) is 0 Å². The van der Waals surface area contributed by atoms with Crippen molar-refractivity contribution in [1.82, 2.24) is 0 Å². The summed E-state index contributed by atoms with van der Waals surface area (Å²) in [6.45, 7) is 1.53. The zero-order valence-corrected chi connectivity index (χ0v) is 18.9. The average molecular weight is 476 g/mol. The Hall–Kier alpha value is -4.01. The van der Waals surface area contributed by atoms with Gasteiger partial charge in [-0.1, -0.05) is 54.6 Å². The van der Waals surface area contributed by atoms with E-state index in [0.29, 0.717) is 0 Å². The molecule has 8 nitrogen and oxygen atoms in total. The van der Waals surface area contributed by atoms with Crippen molar-refractivity contribution in [2.24, 2.45) is 0 Å². The van der Waals surface area contributed by atoms with Crippen LogP contribution in [0.2, 0.25) is 0 Å². The van der Waals surface area contributed by atoms with Crippen LogP contribution in [0.25, 0.3) is 0 Å². The second-order valence-electron chi connectivity index (χ2n) is 7.94. The predicted octanol–water partition coefficient (Wildman–Crippen LogP) is 3.40. The molecule has 0 spiro atoms. The molecule has 0 radical (unpaired) electrons. The molecule has 0 saturated carbocycles. The molecule has 8 heteroatoms. The van der Waals surface area contributed by atoms with Crippen LogP contribution in [0.3, 0.4) is 0 Å². The van der Waals surface area contributed by atoms with Crippen molar-refractivity contribution in [1.29, 1.82) is 0 Å². The highest BCUT2D eigenvalue weighted by Gasteiger charge is 2.50. The summed E-state index contributed by atoms with van der Waals surface area (Å²) in [4.78, 5) is 38.4. The third kappa shape index (κ3) is 5.74. The first-order valence-corrected chi connectivity index (χ1v) is 11.1. The van der Waals surface area contributed by atoms with Gasteiger partial charge in [-0.3, -0.25) is 0 Å². The smallest absolute Gasteiger partial charge is 0.340 e. The van der Waals surface area contributed by atoms with Crippen molar-refractivity contribution in [2.45, 2.75) is 37.6 Å². The first-order valence-electron chi connectivity index (χ1n) is 11.1. The largest absolute Gasteiger partial charge is 0.452 e. The third-order valence-corrected chi connectivity index (χ3v) is 5.50. The lowest BCUT2D eigenvalue weighted by molar-refractivity contribution is -0.275. The number of aliphatic hydroxyl groups is 1. The lowest BCUT2D eigenvalue weighted by atomic mass is 9.99. The van der Waals surface area contributed by atoms with Crippen LogP contribution in [-0.2, 0) is 18.9 Å². The summed E-state index contributed by atoms with van der Waals surface area (Å²) in [7, 11) is 0. The molecule has 35 heavy (non-hydrogen) atoms. The number of benzene rings is 3. The zero-order chi connectivity index (χ0) is 24.8. The second-order valence-corrected chi connectivity index (χ2v) is 7.94. The molecule has 0 bridgehead atoms. The highest BCUT2D eigenvalue weighted by Crippen LogP contribution is 2.29. The number of rotatable bonds is 6. The molecule has 1 aliphatic heterocycles. The van der Waals surface area contributed by atoms with E-state index in [9.17, 15) is 19.5 Å². The molecular formula is C27H24O8. The van der Waals surface area contributed by atoms with E-state index >= 15 is 0 Å². The van der Waals surface area contributed by atoms with E-state index in [4.69, 9.17) is 18.9 Å². The Labute approximate surface area is 202 Å². The first-order chi connectivity index (χ1) is 16.9. The number of hydrogen-bond acceptors (Lipinski definition) is 8. The minimum absolute atomic E-state index is 0.224. The number of aliphatic hydroxyl groups excluding tert-OH is 1. The van der Waals surface area contributed by atoms with Gasteiger partial charge in [-0.05, 0) is 43.3 Å². The van der Waals surface area contributed by atoms with Crippen molar-refractivity contribution in [3.63, 3.8) is 0 Å². The monoisotopic (exact) mass is 476 g/mol. The highest BCUT2D eigenvalue weighted by atomic mass is 16.7. The van der Waals surface area contributed by atoms with E-state index in [0.717, 1.165) is 0 Å². The topological polar surface area (TPSA) is 108 Å². The fourth-order valence-corrected chi connectivity index (χ4v) is 3.62. The van der Waals surface area contributed by atoms with E-state index < -0.39 is 48.6 Å².